The zero-order chi connectivity index (χ0) is 17.2. The minimum atomic E-state index is -0.919. The Balaban J connectivity index is 1.69. The van der Waals surface area contributed by atoms with Crippen molar-refractivity contribution in [2.45, 2.75) is 19.4 Å². The van der Waals surface area contributed by atoms with E-state index in [9.17, 15) is 9.90 Å². The molecule has 3 aromatic rings. The summed E-state index contributed by atoms with van der Waals surface area (Å²) in [5.74, 6) is -0.352. The number of aromatic carboxylic acids is 1. The number of hydrogen-bond donors (Lipinski definition) is 1. The lowest BCUT2D eigenvalue weighted by Gasteiger charge is -2.21. The summed E-state index contributed by atoms with van der Waals surface area (Å²) in [6, 6.07) is 11.5. The summed E-state index contributed by atoms with van der Waals surface area (Å²) in [5, 5.41) is 16.0. The largest absolute Gasteiger partial charge is 0.478 e. The first-order valence-electron chi connectivity index (χ1n) is 8.57. The van der Waals surface area contributed by atoms with E-state index in [2.05, 4.69) is 5.10 Å². The summed E-state index contributed by atoms with van der Waals surface area (Å²) in [6.07, 6.45) is 5.80. The van der Waals surface area contributed by atoms with E-state index < -0.39 is 5.97 Å². The van der Waals surface area contributed by atoms with Gasteiger partial charge in [0.1, 0.15) is 0 Å². The first kappa shape index (κ1) is 15.8. The smallest absolute Gasteiger partial charge is 0.336 e. The molecule has 0 spiro atoms. The highest BCUT2D eigenvalue weighted by atomic mass is 16.5. The van der Waals surface area contributed by atoms with Gasteiger partial charge in [0.05, 0.1) is 11.8 Å². The number of aromatic nitrogens is 2. The highest BCUT2D eigenvalue weighted by molar-refractivity contribution is 6.02. The number of hydrogen-bond acceptors (Lipinski definition) is 3. The van der Waals surface area contributed by atoms with Gasteiger partial charge < -0.3 is 9.84 Å². The molecule has 1 N–H and O–H groups in total. The summed E-state index contributed by atoms with van der Waals surface area (Å²) in [6.45, 7) is 2.47. The van der Waals surface area contributed by atoms with Crippen molar-refractivity contribution in [2.75, 3.05) is 13.2 Å². The van der Waals surface area contributed by atoms with Crippen molar-refractivity contribution in [3.05, 3.63) is 54.4 Å². The molecule has 5 heteroatoms. The van der Waals surface area contributed by atoms with E-state index in [-0.39, 0.29) is 0 Å². The monoisotopic (exact) mass is 336 g/mol. The van der Waals surface area contributed by atoms with Crippen LogP contribution < -0.4 is 0 Å². The Morgan fingerprint density at radius 3 is 2.64 bits per heavy atom. The van der Waals surface area contributed by atoms with Crippen molar-refractivity contribution in [3.63, 3.8) is 0 Å². The van der Waals surface area contributed by atoms with Crippen LogP contribution >= 0.6 is 0 Å². The molecule has 1 fully saturated rings. The van der Waals surface area contributed by atoms with Crippen molar-refractivity contribution in [1.29, 1.82) is 0 Å². The number of carboxylic acid groups (broad SMARTS) is 1. The molecule has 2 heterocycles. The van der Waals surface area contributed by atoms with E-state index in [1.54, 1.807) is 12.3 Å². The Morgan fingerprint density at radius 1 is 1.20 bits per heavy atom. The molecule has 0 amide bonds. The van der Waals surface area contributed by atoms with E-state index in [4.69, 9.17) is 4.74 Å². The lowest BCUT2D eigenvalue weighted by molar-refractivity contribution is 0.0601. The fourth-order valence-corrected chi connectivity index (χ4v) is 3.45. The van der Waals surface area contributed by atoms with Crippen LogP contribution in [0.15, 0.2) is 48.8 Å². The van der Waals surface area contributed by atoms with Gasteiger partial charge >= 0.3 is 5.97 Å². The van der Waals surface area contributed by atoms with E-state index in [1.165, 1.54) is 0 Å². The van der Waals surface area contributed by atoms with Crippen LogP contribution in [0.1, 0.15) is 23.2 Å². The molecule has 5 nitrogen and oxygen atoms in total. The lowest BCUT2D eigenvalue weighted by Crippen LogP contribution is -2.20. The molecule has 0 atom stereocenters. The van der Waals surface area contributed by atoms with Crippen LogP contribution in [0.25, 0.3) is 21.9 Å². The highest BCUT2D eigenvalue weighted by Gasteiger charge is 2.17. The maximum absolute atomic E-state index is 11.7. The molecule has 0 unspecified atom stereocenters. The molecular formula is C20H20N2O3. The summed E-state index contributed by atoms with van der Waals surface area (Å²) in [5.41, 5.74) is 1.86. The van der Waals surface area contributed by atoms with E-state index in [1.807, 2.05) is 41.2 Å². The fraction of sp³-hybridized carbons (Fsp3) is 0.300. The Morgan fingerprint density at radius 2 is 1.92 bits per heavy atom. The highest BCUT2D eigenvalue weighted by Crippen LogP contribution is 2.29. The predicted molar refractivity (Wildman–Crippen MR) is 95.7 cm³/mol. The third kappa shape index (κ3) is 3.28. The SMILES string of the molecule is O=C(O)c1cc2ccccc2cc1-c1cnn(CC2CCOCC2)c1. The van der Waals surface area contributed by atoms with E-state index in [0.717, 1.165) is 48.9 Å². The number of carboxylic acids is 1. The molecule has 1 aromatic heterocycles. The number of fused-ring (bicyclic) bond motifs is 1. The number of benzene rings is 2. The maximum atomic E-state index is 11.7. The van der Waals surface area contributed by atoms with Gasteiger partial charge in [-0.3, -0.25) is 4.68 Å². The normalized spacial score (nSPS) is 15.5. The van der Waals surface area contributed by atoms with Gasteiger partial charge in [0, 0.05) is 31.5 Å². The summed E-state index contributed by atoms with van der Waals surface area (Å²) in [4.78, 5) is 11.7. The summed E-state index contributed by atoms with van der Waals surface area (Å²) < 4.78 is 7.32. The van der Waals surface area contributed by atoms with Crippen LogP contribution in [0.4, 0.5) is 0 Å². The van der Waals surface area contributed by atoms with Crippen molar-refractivity contribution < 1.29 is 14.6 Å². The number of nitrogens with zero attached hydrogens (tertiary/aromatic N) is 2. The number of ether oxygens (including phenoxy) is 1. The maximum Gasteiger partial charge on any atom is 0.336 e. The molecule has 1 aliphatic rings. The molecule has 0 saturated carbocycles. The summed E-state index contributed by atoms with van der Waals surface area (Å²) >= 11 is 0. The van der Waals surface area contributed by atoms with Crippen LogP contribution in [0, 0.1) is 5.92 Å². The second-order valence-electron chi connectivity index (χ2n) is 6.56. The van der Waals surface area contributed by atoms with Crippen molar-refractivity contribution >= 4 is 16.7 Å². The van der Waals surface area contributed by atoms with Crippen LogP contribution in [-0.4, -0.2) is 34.1 Å². The Labute approximate surface area is 145 Å². The third-order valence-corrected chi connectivity index (χ3v) is 4.85. The minimum absolute atomic E-state index is 0.310. The van der Waals surface area contributed by atoms with Crippen LogP contribution in [0.2, 0.25) is 0 Å². The van der Waals surface area contributed by atoms with Gasteiger partial charge in [0.25, 0.3) is 0 Å². The zero-order valence-electron chi connectivity index (χ0n) is 13.9. The number of carbonyl (C=O) groups is 1. The van der Waals surface area contributed by atoms with E-state index in [0.29, 0.717) is 17.0 Å². The molecule has 4 rings (SSSR count). The van der Waals surface area contributed by atoms with Gasteiger partial charge in [-0.25, -0.2) is 4.79 Å². The molecule has 0 aliphatic carbocycles. The van der Waals surface area contributed by atoms with Gasteiger partial charge in [-0.1, -0.05) is 24.3 Å². The first-order valence-corrected chi connectivity index (χ1v) is 8.57. The van der Waals surface area contributed by atoms with Gasteiger partial charge in [-0.15, -0.1) is 0 Å². The molecule has 128 valence electrons. The van der Waals surface area contributed by atoms with Gasteiger partial charge in [-0.2, -0.15) is 5.10 Å². The van der Waals surface area contributed by atoms with Gasteiger partial charge in [0.2, 0.25) is 0 Å². The predicted octanol–water partition coefficient (Wildman–Crippen LogP) is 3.83. The fourth-order valence-electron chi connectivity index (χ4n) is 3.45. The standard InChI is InChI=1S/C20H20N2O3/c23-20(24)19-10-16-4-2-1-3-15(16)9-18(19)17-11-21-22(13-17)12-14-5-7-25-8-6-14/h1-4,9-11,13-14H,5-8,12H2,(H,23,24). The molecule has 25 heavy (non-hydrogen) atoms. The Hall–Kier alpha value is -2.66. The molecule has 0 bridgehead atoms. The first-order chi connectivity index (χ1) is 12.2. The average molecular weight is 336 g/mol. The molecular weight excluding hydrogens is 316 g/mol. The van der Waals surface area contributed by atoms with Gasteiger partial charge in [-0.05, 0) is 47.2 Å². The Bertz CT molecular complexity index is 910. The third-order valence-electron chi connectivity index (χ3n) is 4.85. The lowest BCUT2D eigenvalue weighted by atomic mass is 9.97. The zero-order valence-corrected chi connectivity index (χ0v) is 13.9. The molecule has 2 aromatic carbocycles. The molecule has 0 radical (unpaired) electrons. The second kappa shape index (κ2) is 6.69. The molecule has 1 saturated heterocycles. The van der Waals surface area contributed by atoms with Gasteiger partial charge in [0.15, 0.2) is 0 Å². The van der Waals surface area contributed by atoms with Crippen molar-refractivity contribution in [2.24, 2.45) is 5.92 Å². The van der Waals surface area contributed by atoms with Crippen LogP contribution in [-0.2, 0) is 11.3 Å². The second-order valence-corrected chi connectivity index (χ2v) is 6.56. The Kier molecular flexibility index (Phi) is 4.24. The van der Waals surface area contributed by atoms with Crippen LogP contribution in [0.3, 0.4) is 0 Å². The van der Waals surface area contributed by atoms with E-state index >= 15 is 0 Å². The van der Waals surface area contributed by atoms with Crippen molar-refractivity contribution in [3.8, 4) is 11.1 Å². The van der Waals surface area contributed by atoms with Crippen LogP contribution in [0.5, 0.6) is 0 Å². The quantitative estimate of drug-likeness (QED) is 0.786. The molecule has 1 aliphatic heterocycles. The summed E-state index contributed by atoms with van der Waals surface area (Å²) in [7, 11) is 0. The minimum Gasteiger partial charge on any atom is -0.478 e. The topological polar surface area (TPSA) is 64.3 Å². The number of rotatable bonds is 4. The average Bonchev–Trinajstić information content (AvgIpc) is 3.09. The van der Waals surface area contributed by atoms with Crippen molar-refractivity contribution in [1.82, 2.24) is 9.78 Å².